The Hall–Kier alpha value is -1.29. The Morgan fingerprint density at radius 3 is 2.53 bits per heavy atom. The van der Waals surface area contributed by atoms with E-state index in [0.717, 1.165) is 25.3 Å². The van der Waals surface area contributed by atoms with Crippen molar-refractivity contribution in [2.75, 3.05) is 13.1 Å². The highest BCUT2D eigenvalue weighted by molar-refractivity contribution is 5.20. The van der Waals surface area contributed by atoms with Crippen molar-refractivity contribution in [2.24, 2.45) is 7.05 Å². The van der Waals surface area contributed by atoms with Crippen molar-refractivity contribution in [3.05, 3.63) is 28.2 Å². The first-order chi connectivity index (χ1) is 8.16. The molecule has 0 aromatic carbocycles. The number of hydrogen-bond donors (Lipinski definition) is 1. The Morgan fingerprint density at radius 1 is 1.24 bits per heavy atom. The predicted octanol–water partition coefficient (Wildman–Crippen LogP) is 1.47. The molecule has 1 aromatic rings. The molecule has 0 aliphatic carbocycles. The maximum atomic E-state index is 11.4. The zero-order valence-corrected chi connectivity index (χ0v) is 10.4. The second-order valence-electron chi connectivity index (χ2n) is 4.82. The largest absolute Gasteiger partial charge is 0.503 e. The summed E-state index contributed by atoms with van der Waals surface area (Å²) in [5.41, 5.74) is 0.683. The first kappa shape index (κ1) is 12.2. The molecule has 1 N–H and O–H groups in total. The van der Waals surface area contributed by atoms with Crippen LogP contribution < -0.4 is 5.43 Å². The Labute approximate surface area is 101 Å². The first-order valence-electron chi connectivity index (χ1n) is 6.28. The van der Waals surface area contributed by atoms with Gasteiger partial charge in [-0.25, -0.2) is 0 Å². The van der Waals surface area contributed by atoms with Gasteiger partial charge in [-0.1, -0.05) is 12.8 Å². The molecule has 1 fully saturated rings. The zero-order valence-electron chi connectivity index (χ0n) is 10.4. The van der Waals surface area contributed by atoms with Gasteiger partial charge in [0.05, 0.1) is 0 Å². The molecule has 1 aromatic heterocycles. The number of likely N-dealkylation sites (tertiary alicyclic amines) is 1. The molecule has 0 unspecified atom stereocenters. The van der Waals surface area contributed by atoms with Gasteiger partial charge in [-0.05, 0) is 25.9 Å². The summed E-state index contributed by atoms with van der Waals surface area (Å²) in [6.07, 6.45) is 6.60. The Kier molecular flexibility index (Phi) is 3.84. The van der Waals surface area contributed by atoms with Gasteiger partial charge in [-0.2, -0.15) is 0 Å². The molecular formula is C13H20N2O2. The third-order valence-electron chi connectivity index (χ3n) is 3.40. The molecule has 0 spiro atoms. The minimum Gasteiger partial charge on any atom is -0.503 e. The van der Waals surface area contributed by atoms with Gasteiger partial charge in [-0.15, -0.1) is 0 Å². The number of hydrogen-bond acceptors (Lipinski definition) is 3. The van der Waals surface area contributed by atoms with Gasteiger partial charge in [-0.3, -0.25) is 9.69 Å². The molecular weight excluding hydrogens is 216 g/mol. The second kappa shape index (κ2) is 5.36. The SMILES string of the molecule is Cn1cc(O)c(=O)cc1CN1CCCCCC1. The third kappa shape index (κ3) is 3.09. The standard InChI is InChI=1S/C13H20N2O2/c1-14-10-13(17)12(16)8-11(14)9-15-6-4-2-3-5-7-15/h8,10,17H,2-7,9H2,1H3. The lowest BCUT2D eigenvalue weighted by atomic mass is 10.2. The van der Waals surface area contributed by atoms with Gasteiger partial charge in [0.2, 0.25) is 5.43 Å². The number of rotatable bonds is 2. The monoisotopic (exact) mass is 236 g/mol. The molecule has 94 valence electrons. The molecule has 0 amide bonds. The van der Waals surface area contributed by atoms with E-state index in [1.807, 2.05) is 11.6 Å². The Morgan fingerprint density at radius 2 is 1.88 bits per heavy atom. The van der Waals surface area contributed by atoms with E-state index in [-0.39, 0.29) is 11.2 Å². The number of aryl methyl sites for hydroxylation is 1. The van der Waals surface area contributed by atoms with Crippen molar-refractivity contribution in [1.82, 2.24) is 9.47 Å². The van der Waals surface area contributed by atoms with Crippen molar-refractivity contribution in [3.63, 3.8) is 0 Å². The fourth-order valence-corrected chi connectivity index (χ4v) is 2.34. The third-order valence-corrected chi connectivity index (χ3v) is 3.40. The minimum atomic E-state index is -0.284. The van der Waals surface area contributed by atoms with E-state index in [1.165, 1.54) is 31.9 Å². The van der Waals surface area contributed by atoms with Crippen LogP contribution in [0, 0.1) is 0 Å². The number of nitrogens with zero attached hydrogens (tertiary/aromatic N) is 2. The number of aromatic hydroxyl groups is 1. The molecule has 4 nitrogen and oxygen atoms in total. The lowest BCUT2D eigenvalue weighted by Crippen LogP contribution is -2.26. The van der Waals surface area contributed by atoms with Crippen LogP contribution in [0.3, 0.4) is 0 Å². The van der Waals surface area contributed by atoms with E-state index < -0.39 is 0 Å². The molecule has 0 radical (unpaired) electrons. The van der Waals surface area contributed by atoms with Gasteiger partial charge in [0.15, 0.2) is 5.75 Å². The van der Waals surface area contributed by atoms with Crippen LogP contribution in [0.25, 0.3) is 0 Å². The van der Waals surface area contributed by atoms with Crippen molar-refractivity contribution in [1.29, 1.82) is 0 Å². The van der Waals surface area contributed by atoms with Crippen LogP contribution in [0.1, 0.15) is 31.4 Å². The van der Waals surface area contributed by atoms with Gasteiger partial charge >= 0.3 is 0 Å². The van der Waals surface area contributed by atoms with E-state index in [0.29, 0.717) is 0 Å². The molecule has 1 aliphatic rings. The van der Waals surface area contributed by atoms with Gasteiger partial charge in [0.25, 0.3) is 0 Å². The number of pyridine rings is 1. The van der Waals surface area contributed by atoms with E-state index in [2.05, 4.69) is 4.90 Å². The van der Waals surface area contributed by atoms with Gasteiger partial charge < -0.3 is 9.67 Å². The second-order valence-corrected chi connectivity index (χ2v) is 4.82. The minimum absolute atomic E-state index is 0.174. The van der Waals surface area contributed by atoms with Crippen LogP contribution in [0.5, 0.6) is 5.75 Å². The molecule has 1 saturated heterocycles. The molecule has 17 heavy (non-hydrogen) atoms. The molecule has 0 atom stereocenters. The van der Waals surface area contributed by atoms with Crippen LogP contribution in [-0.2, 0) is 13.6 Å². The lowest BCUT2D eigenvalue weighted by Gasteiger charge is -2.21. The average Bonchev–Trinajstić information content (AvgIpc) is 2.54. The summed E-state index contributed by atoms with van der Waals surface area (Å²) in [7, 11) is 1.87. The normalized spacial score (nSPS) is 17.9. The van der Waals surface area contributed by atoms with Crippen molar-refractivity contribution >= 4 is 0 Å². The number of aromatic nitrogens is 1. The molecule has 1 aliphatic heterocycles. The van der Waals surface area contributed by atoms with Gasteiger partial charge in [0.1, 0.15) is 0 Å². The fraction of sp³-hybridized carbons (Fsp3) is 0.615. The summed E-state index contributed by atoms with van der Waals surface area (Å²) in [5.74, 6) is -0.174. The summed E-state index contributed by atoms with van der Waals surface area (Å²) >= 11 is 0. The maximum absolute atomic E-state index is 11.4. The van der Waals surface area contributed by atoms with Crippen molar-refractivity contribution < 1.29 is 5.11 Å². The smallest absolute Gasteiger partial charge is 0.223 e. The Balaban J connectivity index is 2.12. The quantitative estimate of drug-likeness (QED) is 0.845. The molecule has 0 bridgehead atoms. The Bertz CT molecular complexity index is 432. The fourth-order valence-electron chi connectivity index (χ4n) is 2.34. The van der Waals surface area contributed by atoms with Crippen molar-refractivity contribution in [3.8, 4) is 5.75 Å². The first-order valence-corrected chi connectivity index (χ1v) is 6.28. The van der Waals surface area contributed by atoms with Crippen LogP contribution in [0.15, 0.2) is 17.1 Å². The van der Waals surface area contributed by atoms with E-state index in [9.17, 15) is 9.90 Å². The summed E-state index contributed by atoms with van der Waals surface area (Å²) in [6.45, 7) is 3.01. The summed E-state index contributed by atoms with van der Waals surface area (Å²) < 4.78 is 1.83. The molecule has 2 heterocycles. The highest BCUT2D eigenvalue weighted by Crippen LogP contribution is 2.13. The predicted molar refractivity (Wildman–Crippen MR) is 67.1 cm³/mol. The molecule has 0 saturated carbocycles. The van der Waals surface area contributed by atoms with Crippen LogP contribution >= 0.6 is 0 Å². The summed E-state index contributed by atoms with van der Waals surface area (Å²) in [4.78, 5) is 13.8. The topological polar surface area (TPSA) is 45.5 Å². The average molecular weight is 236 g/mol. The van der Waals surface area contributed by atoms with E-state index >= 15 is 0 Å². The van der Waals surface area contributed by atoms with Crippen molar-refractivity contribution in [2.45, 2.75) is 32.2 Å². The van der Waals surface area contributed by atoms with Gasteiger partial charge in [0, 0.05) is 31.5 Å². The molecule has 4 heteroatoms. The molecule has 2 rings (SSSR count). The summed E-state index contributed by atoms with van der Waals surface area (Å²) in [6, 6.07) is 1.54. The van der Waals surface area contributed by atoms with E-state index in [1.54, 1.807) is 6.07 Å². The maximum Gasteiger partial charge on any atom is 0.223 e. The summed E-state index contributed by atoms with van der Waals surface area (Å²) in [5, 5.41) is 9.33. The highest BCUT2D eigenvalue weighted by Gasteiger charge is 2.11. The van der Waals surface area contributed by atoms with Crippen LogP contribution in [0.4, 0.5) is 0 Å². The lowest BCUT2D eigenvalue weighted by molar-refractivity contribution is 0.269. The highest BCUT2D eigenvalue weighted by atomic mass is 16.3. The van der Waals surface area contributed by atoms with E-state index in [4.69, 9.17) is 0 Å². The van der Waals surface area contributed by atoms with Crippen LogP contribution in [-0.4, -0.2) is 27.7 Å². The zero-order chi connectivity index (χ0) is 12.3. The van der Waals surface area contributed by atoms with Crippen LogP contribution in [0.2, 0.25) is 0 Å².